The van der Waals surface area contributed by atoms with Crippen LogP contribution in [0, 0.1) is 11.3 Å². The molecule has 3 heterocycles. The number of amides is 2. The number of para-hydroxylation sites is 2. The minimum absolute atomic E-state index is 0.0355. The number of nitrogens with zero attached hydrogens (tertiary/aromatic N) is 3. The summed E-state index contributed by atoms with van der Waals surface area (Å²) in [6, 6.07) is 26.3. The van der Waals surface area contributed by atoms with E-state index in [1.54, 1.807) is 34.1 Å². The Morgan fingerprint density at radius 1 is 0.857 bits per heavy atom. The molecule has 2 atom stereocenters. The first kappa shape index (κ1) is 21.0. The van der Waals surface area contributed by atoms with Gasteiger partial charge in [0.1, 0.15) is 11.6 Å². The molecule has 2 spiro atoms. The highest BCUT2D eigenvalue weighted by Crippen LogP contribution is 2.65. The maximum atomic E-state index is 14.7. The fourth-order valence-corrected chi connectivity index (χ4v) is 5.95. The van der Waals surface area contributed by atoms with E-state index in [4.69, 9.17) is 10.5 Å². The average molecular weight is 463 g/mol. The summed E-state index contributed by atoms with van der Waals surface area (Å²) in [7, 11) is 0. The third kappa shape index (κ3) is 2.33. The van der Waals surface area contributed by atoms with Gasteiger partial charge in [-0.25, -0.2) is 0 Å². The zero-order valence-corrected chi connectivity index (χ0v) is 19.1. The Kier molecular flexibility index (Phi) is 4.33. The van der Waals surface area contributed by atoms with E-state index >= 15 is 0 Å². The number of likely N-dealkylation sites (N-methyl/N-ethyl adjacent to an activating group) is 1. The van der Waals surface area contributed by atoms with Crippen molar-refractivity contribution in [1.82, 2.24) is 0 Å². The molecule has 3 aliphatic rings. The summed E-state index contributed by atoms with van der Waals surface area (Å²) in [4.78, 5) is 32.1. The minimum atomic E-state index is -1.81. The van der Waals surface area contributed by atoms with Crippen molar-refractivity contribution in [3.05, 3.63) is 107 Å². The molecule has 172 valence electrons. The second kappa shape index (κ2) is 7.21. The third-order valence-corrected chi connectivity index (χ3v) is 7.31. The van der Waals surface area contributed by atoms with Gasteiger partial charge in [0.05, 0.1) is 12.2 Å². The fraction of sp³-hybridized carbons (Fsp3) is 0.179. The molecule has 6 rings (SSSR count). The van der Waals surface area contributed by atoms with E-state index in [0.29, 0.717) is 29.0 Å². The molecule has 0 fully saturated rings. The maximum Gasteiger partial charge on any atom is 0.278 e. The summed E-state index contributed by atoms with van der Waals surface area (Å²) < 4.78 is 6.24. The van der Waals surface area contributed by atoms with Crippen molar-refractivity contribution in [2.75, 3.05) is 16.3 Å². The van der Waals surface area contributed by atoms with Crippen LogP contribution in [0.25, 0.3) is 0 Å². The monoisotopic (exact) mass is 462 g/mol. The molecule has 7 nitrogen and oxygen atoms in total. The van der Waals surface area contributed by atoms with Crippen LogP contribution in [0.15, 0.2) is 90.3 Å². The number of nitrogens with two attached hydrogens (primary N) is 1. The van der Waals surface area contributed by atoms with Gasteiger partial charge in [-0.1, -0.05) is 66.7 Å². The van der Waals surface area contributed by atoms with Crippen LogP contribution in [-0.4, -0.2) is 18.4 Å². The minimum Gasteiger partial charge on any atom is -0.455 e. The summed E-state index contributed by atoms with van der Waals surface area (Å²) in [5.41, 5.74) is 6.00. The number of benzene rings is 3. The molecule has 7 heteroatoms. The molecule has 0 saturated carbocycles. The summed E-state index contributed by atoms with van der Waals surface area (Å²) in [5, 5.41) is 10.3. The lowest BCUT2D eigenvalue weighted by molar-refractivity contribution is -0.148. The van der Waals surface area contributed by atoms with Crippen LogP contribution >= 0.6 is 0 Å². The van der Waals surface area contributed by atoms with Crippen LogP contribution in [0.2, 0.25) is 0 Å². The first-order valence-electron chi connectivity index (χ1n) is 11.5. The SMILES string of the molecule is CCN1C(=O)C2(OC(N)=C(C#N)C23C(=O)N(Cc2ccccc2)c2ccccc23)c2ccccc21. The van der Waals surface area contributed by atoms with Crippen LogP contribution in [0.1, 0.15) is 23.6 Å². The lowest BCUT2D eigenvalue weighted by Gasteiger charge is -2.37. The quantitative estimate of drug-likeness (QED) is 0.643. The van der Waals surface area contributed by atoms with Gasteiger partial charge in [-0.3, -0.25) is 9.59 Å². The molecule has 3 aromatic carbocycles. The number of anilines is 2. The molecule has 35 heavy (non-hydrogen) atoms. The zero-order valence-electron chi connectivity index (χ0n) is 19.1. The number of hydrogen-bond donors (Lipinski definition) is 1. The van der Waals surface area contributed by atoms with E-state index in [9.17, 15) is 14.9 Å². The first-order valence-corrected chi connectivity index (χ1v) is 11.5. The molecule has 3 aromatic rings. The van der Waals surface area contributed by atoms with E-state index in [-0.39, 0.29) is 18.0 Å². The van der Waals surface area contributed by atoms with Gasteiger partial charge >= 0.3 is 0 Å². The number of ether oxygens (including phenoxy) is 1. The van der Waals surface area contributed by atoms with Crippen molar-refractivity contribution in [2.24, 2.45) is 5.73 Å². The van der Waals surface area contributed by atoms with E-state index in [2.05, 4.69) is 6.07 Å². The van der Waals surface area contributed by atoms with Gasteiger partial charge in [0.2, 0.25) is 17.4 Å². The summed E-state index contributed by atoms with van der Waals surface area (Å²) in [5.74, 6) is -1.00. The van der Waals surface area contributed by atoms with Gasteiger partial charge in [0, 0.05) is 23.4 Å². The van der Waals surface area contributed by atoms with Crippen molar-refractivity contribution < 1.29 is 14.3 Å². The topological polar surface area (TPSA) is 99.7 Å². The van der Waals surface area contributed by atoms with Gasteiger partial charge in [0.15, 0.2) is 5.41 Å². The lowest BCUT2D eigenvalue weighted by Crippen LogP contribution is -2.59. The van der Waals surface area contributed by atoms with Gasteiger partial charge in [-0.2, -0.15) is 5.26 Å². The van der Waals surface area contributed by atoms with E-state index in [0.717, 1.165) is 5.56 Å². The van der Waals surface area contributed by atoms with Crippen molar-refractivity contribution in [3.63, 3.8) is 0 Å². The van der Waals surface area contributed by atoms with Gasteiger partial charge in [-0.15, -0.1) is 0 Å². The molecule has 0 bridgehead atoms. The predicted octanol–water partition coefficient (Wildman–Crippen LogP) is 3.46. The predicted molar refractivity (Wildman–Crippen MR) is 130 cm³/mol. The van der Waals surface area contributed by atoms with Crippen molar-refractivity contribution in [2.45, 2.75) is 24.5 Å². The molecule has 0 aliphatic carbocycles. The Morgan fingerprint density at radius 2 is 1.46 bits per heavy atom. The van der Waals surface area contributed by atoms with Crippen LogP contribution in [0.3, 0.4) is 0 Å². The van der Waals surface area contributed by atoms with Crippen LogP contribution in [-0.2, 0) is 31.9 Å². The summed E-state index contributed by atoms with van der Waals surface area (Å²) in [6.07, 6.45) is 0. The normalized spacial score (nSPS) is 24.2. The standard InChI is InChI=1S/C28H22N4O3/c1-2-31-23-15-9-7-13-20(23)28(26(31)34)27(21(16-29)24(30)35-28)19-12-6-8-14-22(19)32(25(27)33)17-18-10-4-3-5-11-18/h3-15H,2,17,30H2,1H3. The second-order valence-corrected chi connectivity index (χ2v) is 8.84. The fourth-order valence-electron chi connectivity index (χ4n) is 5.95. The molecule has 2 amide bonds. The van der Waals surface area contributed by atoms with E-state index < -0.39 is 22.8 Å². The van der Waals surface area contributed by atoms with E-state index in [1.165, 1.54) is 0 Å². The maximum absolute atomic E-state index is 14.7. The molecular formula is C28H22N4O3. The molecule has 0 aromatic heterocycles. The first-order chi connectivity index (χ1) is 17.0. The highest BCUT2D eigenvalue weighted by molar-refractivity contribution is 6.20. The number of fused-ring (bicyclic) bond motifs is 5. The highest BCUT2D eigenvalue weighted by atomic mass is 16.5. The van der Waals surface area contributed by atoms with Gasteiger partial charge in [0.25, 0.3) is 5.91 Å². The summed E-state index contributed by atoms with van der Waals surface area (Å²) >= 11 is 0. The Hall–Kier alpha value is -4.57. The zero-order chi connectivity index (χ0) is 24.4. The Bertz CT molecular complexity index is 1470. The molecule has 2 unspecified atom stereocenters. The number of nitriles is 1. The smallest absolute Gasteiger partial charge is 0.278 e. The van der Waals surface area contributed by atoms with Crippen LogP contribution in [0.5, 0.6) is 0 Å². The van der Waals surface area contributed by atoms with Gasteiger partial charge < -0.3 is 20.3 Å². The molecular weight excluding hydrogens is 440 g/mol. The Balaban J connectivity index is 1.68. The highest BCUT2D eigenvalue weighted by Gasteiger charge is 2.78. The van der Waals surface area contributed by atoms with Crippen molar-refractivity contribution in [3.8, 4) is 6.07 Å². The molecule has 2 N–H and O–H groups in total. The third-order valence-electron chi connectivity index (χ3n) is 7.31. The van der Waals surface area contributed by atoms with Crippen LogP contribution in [0.4, 0.5) is 11.4 Å². The molecule has 0 saturated heterocycles. The Labute approximate surface area is 202 Å². The molecule has 3 aliphatic heterocycles. The van der Waals surface area contributed by atoms with Crippen molar-refractivity contribution >= 4 is 23.2 Å². The largest absolute Gasteiger partial charge is 0.455 e. The average Bonchev–Trinajstić information content (AvgIpc) is 3.40. The lowest BCUT2D eigenvalue weighted by atomic mass is 9.62. The van der Waals surface area contributed by atoms with Crippen molar-refractivity contribution in [1.29, 1.82) is 5.26 Å². The number of carbonyl (C=O) groups is 2. The summed E-state index contributed by atoms with van der Waals surface area (Å²) in [6.45, 7) is 2.52. The Morgan fingerprint density at radius 3 is 2.11 bits per heavy atom. The second-order valence-electron chi connectivity index (χ2n) is 8.84. The molecule has 0 radical (unpaired) electrons. The van der Waals surface area contributed by atoms with E-state index in [1.807, 2.05) is 61.5 Å². The number of carbonyl (C=O) groups excluding carboxylic acids is 2. The van der Waals surface area contributed by atoms with Crippen LogP contribution < -0.4 is 15.5 Å². The van der Waals surface area contributed by atoms with Gasteiger partial charge in [-0.05, 0) is 24.6 Å². The number of rotatable bonds is 3. The number of hydrogen-bond acceptors (Lipinski definition) is 5.